The molecule has 0 radical (unpaired) electrons. The summed E-state index contributed by atoms with van der Waals surface area (Å²) in [5.74, 6) is -0.273. The molecule has 4 nitrogen and oxygen atoms in total. The van der Waals surface area contributed by atoms with Gasteiger partial charge in [-0.2, -0.15) is 0 Å². The maximum Gasteiger partial charge on any atom is 0.310 e. The van der Waals surface area contributed by atoms with Crippen molar-refractivity contribution in [2.45, 2.75) is 12.0 Å². The maximum atomic E-state index is 11.7. The second-order valence-corrected chi connectivity index (χ2v) is 7.97. The van der Waals surface area contributed by atoms with Crippen molar-refractivity contribution < 1.29 is 9.53 Å². The van der Waals surface area contributed by atoms with E-state index < -0.39 is 5.54 Å². The molecule has 5 heteroatoms. The van der Waals surface area contributed by atoms with E-state index in [4.69, 9.17) is 4.74 Å². The molecule has 0 aliphatic carbocycles. The van der Waals surface area contributed by atoms with Gasteiger partial charge in [0.05, 0.1) is 13.5 Å². The number of aromatic nitrogens is 1. The predicted molar refractivity (Wildman–Crippen MR) is 121 cm³/mol. The van der Waals surface area contributed by atoms with Crippen LogP contribution < -0.4 is 5.32 Å². The third-order valence-electron chi connectivity index (χ3n) is 5.01. The first kappa shape index (κ1) is 19.9. The van der Waals surface area contributed by atoms with Crippen LogP contribution in [-0.2, 0) is 21.5 Å². The van der Waals surface area contributed by atoms with Gasteiger partial charge in [-0.05, 0) is 16.7 Å². The Bertz CT molecular complexity index is 999. The maximum absolute atomic E-state index is 11.7. The summed E-state index contributed by atoms with van der Waals surface area (Å²) in [7, 11) is 1.40. The number of hydrogen-bond acceptors (Lipinski definition) is 5. The number of anilines is 1. The minimum atomic E-state index is -0.635. The number of thiazole rings is 1. The van der Waals surface area contributed by atoms with Crippen LogP contribution in [0.1, 0.15) is 21.6 Å². The Hall–Kier alpha value is -3.44. The molecule has 0 bridgehead atoms. The van der Waals surface area contributed by atoms with E-state index in [0.29, 0.717) is 0 Å². The van der Waals surface area contributed by atoms with Gasteiger partial charge in [-0.3, -0.25) is 4.79 Å². The van der Waals surface area contributed by atoms with Crippen LogP contribution >= 0.6 is 11.3 Å². The average molecular weight is 415 g/mol. The van der Waals surface area contributed by atoms with Gasteiger partial charge in [0.15, 0.2) is 5.13 Å². The number of methoxy groups -OCH3 is 1. The number of nitrogens with one attached hydrogen (secondary N) is 1. The molecule has 1 heterocycles. The van der Waals surface area contributed by atoms with Gasteiger partial charge >= 0.3 is 5.97 Å². The Balaban J connectivity index is 1.86. The standard InChI is InChI=1S/C25H22N2O2S/c1-29-23(28)17-22-18-26-24(30-22)27-25(19-11-5-2-6-12-19,20-13-7-3-8-14-20)21-15-9-4-10-16-21/h2-16,18H,17H2,1H3,(H,26,27). The summed E-state index contributed by atoms with van der Waals surface area (Å²) in [6.07, 6.45) is 1.94. The summed E-state index contributed by atoms with van der Waals surface area (Å²) >= 11 is 1.46. The predicted octanol–water partition coefficient (Wildman–Crippen LogP) is 5.26. The molecular formula is C25H22N2O2S. The Morgan fingerprint density at radius 3 is 1.77 bits per heavy atom. The molecule has 0 saturated heterocycles. The van der Waals surface area contributed by atoms with E-state index in [0.717, 1.165) is 26.7 Å². The average Bonchev–Trinajstić information content (AvgIpc) is 3.25. The molecule has 150 valence electrons. The summed E-state index contributed by atoms with van der Waals surface area (Å²) < 4.78 is 4.79. The SMILES string of the molecule is COC(=O)Cc1cnc(NC(c2ccccc2)(c2ccccc2)c2ccccc2)s1. The van der Waals surface area contributed by atoms with Crippen LogP contribution in [0, 0.1) is 0 Å². The summed E-state index contributed by atoms with van der Waals surface area (Å²) in [6.45, 7) is 0. The van der Waals surface area contributed by atoms with Crippen LogP contribution in [0.15, 0.2) is 97.2 Å². The minimum absolute atomic E-state index is 0.213. The molecule has 4 aromatic rings. The number of carbonyl (C=O) groups excluding carboxylic acids is 1. The second-order valence-electron chi connectivity index (χ2n) is 6.86. The van der Waals surface area contributed by atoms with Gasteiger partial charge in [0.1, 0.15) is 5.54 Å². The molecule has 0 spiro atoms. The van der Waals surface area contributed by atoms with E-state index >= 15 is 0 Å². The molecule has 0 atom stereocenters. The number of hydrogen-bond donors (Lipinski definition) is 1. The fourth-order valence-corrected chi connectivity index (χ4v) is 4.46. The first-order chi connectivity index (χ1) is 14.7. The van der Waals surface area contributed by atoms with Gasteiger partial charge in [-0.1, -0.05) is 91.0 Å². The van der Waals surface area contributed by atoms with Crippen LogP contribution in [0.4, 0.5) is 5.13 Å². The van der Waals surface area contributed by atoms with E-state index in [-0.39, 0.29) is 12.4 Å². The molecule has 0 unspecified atom stereocenters. The molecule has 0 fully saturated rings. The zero-order valence-electron chi connectivity index (χ0n) is 16.6. The number of benzene rings is 3. The van der Waals surface area contributed by atoms with Crippen LogP contribution in [-0.4, -0.2) is 18.1 Å². The lowest BCUT2D eigenvalue weighted by atomic mass is 9.77. The molecule has 0 saturated carbocycles. The molecule has 1 N–H and O–H groups in total. The van der Waals surface area contributed by atoms with Crippen LogP contribution in [0.2, 0.25) is 0 Å². The summed E-state index contributed by atoms with van der Waals surface area (Å²) in [4.78, 5) is 17.1. The highest BCUT2D eigenvalue weighted by atomic mass is 32.1. The van der Waals surface area contributed by atoms with Crippen molar-refractivity contribution in [3.63, 3.8) is 0 Å². The zero-order valence-corrected chi connectivity index (χ0v) is 17.4. The zero-order chi connectivity index (χ0) is 20.8. The molecule has 4 rings (SSSR count). The third-order valence-corrected chi connectivity index (χ3v) is 5.93. The summed E-state index contributed by atoms with van der Waals surface area (Å²) in [5.41, 5.74) is 2.68. The molecule has 3 aromatic carbocycles. The van der Waals surface area contributed by atoms with Gasteiger partial charge in [0.2, 0.25) is 0 Å². The lowest BCUT2D eigenvalue weighted by molar-refractivity contribution is -0.139. The number of ether oxygens (including phenoxy) is 1. The van der Waals surface area contributed by atoms with Crippen LogP contribution in [0.5, 0.6) is 0 Å². The van der Waals surface area contributed by atoms with E-state index in [9.17, 15) is 4.79 Å². The van der Waals surface area contributed by atoms with Gasteiger partial charge in [-0.15, -0.1) is 11.3 Å². The van der Waals surface area contributed by atoms with E-state index in [2.05, 4.69) is 46.7 Å². The highest BCUT2D eigenvalue weighted by molar-refractivity contribution is 7.15. The lowest BCUT2D eigenvalue weighted by Crippen LogP contribution is -2.38. The number of esters is 1. The quantitative estimate of drug-likeness (QED) is 0.331. The molecule has 1 aromatic heterocycles. The second kappa shape index (κ2) is 8.93. The van der Waals surface area contributed by atoms with Gasteiger partial charge < -0.3 is 10.1 Å². The van der Waals surface area contributed by atoms with Crippen molar-refractivity contribution in [1.82, 2.24) is 4.98 Å². The van der Waals surface area contributed by atoms with Gasteiger partial charge in [0, 0.05) is 11.1 Å². The Labute approximate surface area is 180 Å². The van der Waals surface area contributed by atoms with Crippen molar-refractivity contribution in [2.75, 3.05) is 12.4 Å². The molecular weight excluding hydrogens is 392 g/mol. The van der Waals surface area contributed by atoms with Crippen LogP contribution in [0.3, 0.4) is 0 Å². The van der Waals surface area contributed by atoms with E-state index in [1.807, 2.05) is 54.6 Å². The van der Waals surface area contributed by atoms with Crippen molar-refractivity contribution in [3.05, 3.63) is 119 Å². The van der Waals surface area contributed by atoms with Gasteiger partial charge in [0.25, 0.3) is 0 Å². The monoisotopic (exact) mass is 414 g/mol. The summed E-state index contributed by atoms with van der Waals surface area (Å²) in [5, 5.41) is 4.45. The smallest absolute Gasteiger partial charge is 0.310 e. The number of nitrogens with zero attached hydrogens (tertiary/aromatic N) is 1. The normalized spacial score (nSPS) is 11.1. The van der Waals surface area contributed by atoms with Crippen LogP contribution in [0.25, 0.3) is 0 Å². The van der Waals surface area contributed by atoms with Crippen molar-refractivity contribution in [2.24, 2.45) is 0 Å². The molecule has 0 aliphatic rings. The highest BCUT2D eigenvalue weighted by Crippen LogP contribution is 2.40. The third kappa shape index (κ3) is 3.98. The molecule has 0 amide bonds. The van der Waals surface area contributed by atoms with Crippen molar-refractivity contribution in [3.8, 4) is 0 Å². The van der Waals surface area contributed by atoms with Gasteiger partial charge in [-0.25, -0.2) is 4.98 Å². The number of rotatable bonds is 7. The first-order valence-electron chi connectivity index (χ1n) is 9.68. The fourth-order valence-electron chi connectivity index (χ4n) is 3.60. The lowest BCUT2D eigenvalue weighted by Gasteiger charge is -2.36. The topological polar surface area (TPSA) is 51.2 Å². The van der Waals surface area contributed by atoms with Crippen molar-refractivity contribution in [1.29, 1.82) is 0 Å². The van der Waals surface area contributed by atoms with E-state index in [1.54, 1.807) is 6.20 Å². The largest absolute Gasteiger partial charge is 0.469 e. The summed E-state index contributed by atoms with van der Waals surface area (Å²) in [6, 6.07) is 31.0. The first-order valence-corrected chi connectivity index (χ1v) is 10.5. The van der Waals surface area contributed by atoms with E-state index in [1.165, 1.54) is 18.4 Å². The Morgan fingerprint density at radius 2 is 1.33 bits per heavy atom. The minimum Gasteiger partial charge on any atom is -0.469 e. The fraction of sp³-hybridized carbons (Fsp3) is 0.120. The van der Waals surface area contributed by atoms with Crippen molar-refractivity contribution >= 4 is 22.4 Å². The highest BCUT2D eigenvalue weighted by Gasteiger charge is 2.37. The molecule has 30 heavy (non-hydrogen) atoms. The number of carbonyl (C=O) groups is 1. The Kier molecular flexibility index (Phi) is 5.91. The molecule has 0 aliphatic heterocycles. The Morgan fingerprint density at radius 1 is 0.867 bits per heavy atom.